The molecule has 0 N–H and O–H groups in total. The third kappa shape index (κ3) is 3.12. The molecule has 0 saturated carbocycles. The first-order valence-electron chi connectivity index (χ1n) is 7.60. The molecule has 2 aliphatic rings. The summed E-state index contributed by atoms with van der Waals surface area (Å²) in [6.07, 6.45) is 8.12. The van der Waals surface area contributed by atoms with E-state index in [9.17, 15) is 0 Å². The van der Waals surface area contributed by atoms with Crippen LogP contribution in [0.2, 0.25) is 0 Å². The van der Waals surface area contributed by atoms with Crippen LogP contribution in [-0.4, -0.2) is 3.71 Å². The van der Waals surface area contributed by atoms with Gasteiger partial charge in [0, 0.05) is 0 Å². The van der Waals surface area contributed by atoms with Crippen molar-refractivity contribution in [1.82, 2.24) is 0 Å². The molecule has 116 valence electrons. The van der Waals surface area contributed by atoms with Gasteiger partial charge in [0.05, 0.1) is 0 Å². The Bertz CT molecular complexity index is 757. The number of hydrogen-bond donors (Lipinski definition) is 0. The summed E-state index contributed by atoms with van der Waals surface area (Å²) in [4.78, 5) is 0. The molecule has 0 fully saturated rings. The van der Waals surface area contributed by atoms with Gasteiger partial charge >= 0.3 is 134 Å². The molecule has 0 spiro atoms. The van der Waals surface area contributed by atoms with Crippen molar-refractivity contribution in [2.45, 2.75) is 17.0 Å². The Morgan fingerprint density at radius 1 is 0.913 bits per heavy atom. The molecule has 0 aromatic heterocycles. The van der Waals surface area contributed by atoms with Crippen molar-refractivity contribution >= 4 is 3.71 Å². The van der Waals surface area contributed by atoms with Crippen molar-refractivity contribution in [1.29, 1.82) is 0 Å². The number of hydrogen-bond acceptors (Lipinski definition) is 0. The zero-order chi connectivity index (χ0) is 14.2. The molecule has 0 unspecified atom stereocenters. The van der Waals surface area contributed by atoms with Crippen LogP contribution in [0.3, 0.4) is 0 Å². The molecule has 23 heavy (non-hydrogen) atoms. The minimum atomic E-state index is -1.79. The number of fused-ring (bicyclic) bond motifs is 3. The van der Waals surface area contributed by atoms with Crippen LogP contribution < -0.4 is 24.8 Å². The summed E-state index contributed by atoms with van der Waals surface area (Å²) < 4.78 is 4.97. The van der Waals surface area contributed by atoms with E-state index in [2.05, 4.69) is 77.4 Å². The molecule has 0 radical (unpaired) electrons. The van der Waals surface area contributed by atoms with Crippen LogP contribution in [0.4, 0.5) is 0 Å². The van der Waals surface area contributed by atoms with Crippen LogP contribution in [0.15, 0.2) is 70.0 Å². The van der Waals surface area contributed by atoms with Crippen molar-refractivity contribution in [3.63, 3.8) is 0 Å². The Hall–Kier alpha value is -0.747. The van der Waals surface area contributed by atoms with Crippen LogP contribution in [0, 0.1) is 0 Å². The van der Waals surface area contributed by atoms with Crippen molar-refractivity contribution < 1.29 is 46.1 Å². The first-order valence-corrected chi connectivity index (χ1v) is 11.7. The molecular formula is C20H18Cl2Zr. The van der Waals surface area contributed by atoms with E-state index in [0.717, 1.165) is 0 Å². The molecule has 0 nitrogen and oxygen atoms in total. The SMILES string of the molecule is C/[CH]=[Zr+2](/[C]1=CC=CC1)[CH]1c2ccccc2-c2ccccc21.[Cl-].[Cl-]. The molecule has 0 saturated heterocycles. The summed E-state index contributed by atoms with van der Waals surface area (Å²) in [5.74, 6) is 0. The summed E-state index contributed by atoms with van der Waals surface area (Å²) in [7, 11) is 0. The van der Waals surface area contributed by atoms with Gasteiger partial charge in [0.1, 0.15) is 0 Å². The summed E-state index contributed by atoms with van der Waals surface area (Å²) in [6.45, 7) is 2.29. The monoisotopic (exact) mass is 418 g/mol. The molecule has 0 bridgehead atoms. The fourth-order valence-electron chi connectivity index (χ4n) is 3.69. The molecular weight excluding hydrogens is 402 g/mol. The first-order chi connectivity index (χ1) is 10.4. The van der Waals surface area contributed by atoms with Gasteiger partial charge in [-0.3, -0.25) is 0 Å². The molecule has 4 rings (SSSR count). The molecule has 2 aromatic carbocycles. The maximum Gasteiger partial charge on any atom is -1.00 e. The predicted molar refractivity (Wildman–Crippen MR) is 87.3 cm³/mol. The molecule has 0 heterocycles. The zero-order valence-electron chi connectivity index (χ0n) is 13.0. The van der Waals surface area contributed by atoms with Gasteiger partial charge in [-0.2, -0.15) is 0 Å². The minimum Gasteiger partial charge on any atom is -1.00 e. The van der Waals surface area contributed by atoms with Gasteiger partial charge < -0.3 is 24.8 Å². The van der Waals surface area contributed by atoms with Crippen LogP contribution in [0.5, 0.6) is 0 Å². The van der Waals surface area contributed by atoms with Crippen molar-refractivity contribution in [2.24, 2.45) is 0 Å². The van der Waals surface area contributed by atoms with Crippen LogP contribution in [-0.2, 0) is 21.3 Å². The second-order valence-corrected chi connectivity index (χ2v) is 12.3. The maximum absolute atomic E-state index is 2.57. The zero-order valence-corrected chi connectivity index (χ0v) is 16.9. The second-order valence-electron chi connectivity index (χ2n) is 5.68. The summed E-state index contributed by atoms with van der Waals surface area (Å²) in [5.41, 5.74) is 6.06. The van der Waals surface area contributed by atoms with Gasteiger partial charge in [-0.15, -0.1) is 0 Å². The smallest absolute Gasteiger partial charge is 1.00 e. The minimum absolute atomic E-state index is 0. The fraction of sp³-hybridized carbons (Fsp3) is 0.150. The normalized spacial score (nSPS) is 14.6. The number of rotatable bonds is 2. The Morgan fingerprint density at radius 3 is 1.96 bits per heavy atom. The number of allylic oxidation sites excluding steroid dienone is 4. The standard InChI is InChI=1S/C13H9.C5H5.C2H4.2ClH.Zr/c1-3-7-12-10(5-1)9-11-6-2-4-8-13(11)12;1-2-4-5-3-1;1-2;;;/h1-9H;1-3H,4H2;1H,2H3;2*1H;/q;;;;;+2/p-2. The van der Waals surface area contributed by atoms with E-state index in [1.807, 2.05) is 0 Å². The van der Waals surface area contributed by atoms with E-state index in [1.165, 1.54) is 17.5 Å². The van der Waals surface area contributed by atoms with E-state index in [-0.39, 0.29) is 24.8 Å². The van der Waals surface area contributed by atoms with Crippen LogP contribution >= 0.6 is 0 Å². The molecule has 2 aliphatic carbocycles. The van der Waals surface area contributed by atoms with Gasteiger partial charge in [-0.05, 0) is 0 Å². The van der Waals surface area contributed by atoms with Gasteiger partial charge in [-0.1, -0.05) is 0 Å². The molecule has 0 atom stereocenters. The number of halogens is 2. The topological polar surface area (TPSA) is 0 Å². The number of benzene rings is 2. The van der Waals surface area contributed by atoms with Crippen LogP contribution in [0.25, 0.3) is 11.1 Å². The van der Waals surface area contributed by atoms with Gasteiger partial charge in [0.25, 0.3) is 0 Å². The second kappa shape index (κ2) is 7.88. The Balaban J connectivity index is 0.000000960. The van der Waals surface area contributed by atoms with E-state index in [0.29, 0.717) is 3.63 Å². The van der Waals surface area contributed by atoms with E-state index in [4.69, 9.17) is 0 Å². The van der Waals surface area contributed by atoms with Crippen molar-refractivity contribution in [3.8, 4) is 11.1 Å². The van der Waals surface area contributed by atoms with Gasteiger partial charge in [0.15, 0.2) is 0 Å². The van der Waals surface area contributed by atoms with E-state index < -0.39 is 21.3 Å². The molecule has 0 aliphatic heterocycles. The average molecular weight is 420 g/mol. The Morgan fingerprint density at radius 2 is 1.48 bits per heavy atom. The van der Waals surface area contributed by atoms with Gasteiger partial charge in [0.2, 0.25) is 0 Å². The van der Waals surface area contributed by atoms with Crippen molar-refractivity contribution in [2.75, 3.05) is 0 Å². The first kappa shape index (κ1) is 18.6. The van der Waals surface area contributed by atoms with Crippen molar-refractivity contribution in [3.05, 3.63) is 81.2 Å². The Labute approximate surface area is 158 Å². The molecule has 2 aromatic rings. The molecule has 0 amide bonds. The van der Waals surface area contributed by atoms with Crippen LogP contribution in [0.1, 0.15) is 28.1 Å². The van der Waals surface area contributed by atoms with Gasteiger partial charge in [-0.25, -0.2) is 0 Å². The van der Waals surface area contributed by atoms with E-state index in [1.54, 1.807) is 14.4 Å². The molecule has 3 heteroatoms. The third-order valence-corrected chi connectivity index (χ3v) is 11.9. The largest absolute Gasteiger partial charge is 1.00 e. The maximum atomic E-state index is 2.57. The average Bonchev–Trinajstić information content (AvgIpc) is 3.16. The summed E-state index contributed by atoms with van der Waals surface area (Å²) in [5, 5.41) is 0. The Kier molecular flexibility index (Phi) is 6.37. The predicted octanol–water partition coefficient (Wildman–Crippen LogP) is -0.951. The van der Waals surface area contributed by atoms with E-state index >= 15 is 0 Å². The quantitative estimate of drug-likeness (QED) is 0.588. The summed E-state index contributed by atoms with van der Waals surface area (Å²) >= 11 is -1.79. The fourth-order valence-corrected chi connectivity index (χ4v) is 10.8. The third-order valence-electron chi connectivity index (χ3n) is 4.60. The summed E-state index contributed by atoms with van der Waals surface area (Å²) in [6, 6.07) is 18.1.